The Kier molecular flexibility index (Phi) is 8.12. The summed E-state index contributed by atoms with van der Waals surface area (Å²) in [6, 6.07) is -2.23. The third kappa shape index (κ3) is 11.5. The highest BCUT2D eigenvalue weighted by molar-refractivity contribution is 5.83. The summed E-state index contributed by atoms with van der Waals surface area (Å²) in [5.41, 5.74) is 4.85. The molecule has 0 saturated carbocycles. The minimum absolute atomic E-state index is 0.192. The maximum Gasteiger partial charge on any atom is 0.411 e. The predicted molar refractivity (Wildman–Crippen MR) is 63.3 cm³/mol. The van der Waals surface area contributed by atoms with Gasteiger partial charge in [0.15, 0.2) is 0 Å². The molecule has 0 aromatic carbocycles. The molecular weight excluding hydrogens is 299 g/mol. The Balaban J connectivity index is 3.93. The number of ether oxygens (including phenoxy) is 1. The van der Waals surface area contributed by atoms with Gasteiger partial charge in [-0.2, -0.15) is 13.2 Å². The Morgan fingerprint density at radius 2 is 1.90 bits per heavy atom. The molecule has 5 N–H and O–H groups in total. The molecule has 0 unspecified atom stereocenters. The molecule has 0 fully saturated rings. The van der Waals surface area contributed by atoms with E-state index in [1.807, 2.05) is 5.32 Å². The molecule has 8 nitrogen and oxygen atoms in total. The van der Waals surface area contributed by atoms with Gasteiger partial charge in [0.25, 0.3) is 0 Å². The molecule has 0 heterocycles. The van der Waals surface area contributed by atoms with Crippen molar-refractivity contribution in [3.05, 3.63) is 0 Å². The highest BCUT2D eigenvalue weighted by atomic mass is 19.4. The maximum atomic E-state index is 11.7. The molecule has 1 atom stereocenters. The van der Waals surface area contributed by atoms with Crippen LogP contribution in [0.2, 0.25) is 0 Å². The molecule has 0 aliphatic carbocycles. The van der Waals surface area contributed by atoms with Gasteiger partial charge in [-0.1, -0.05) is 0 Å². The van der Waals surface area contributed by atoms with Crippen molar-refractivity contribution in [2.45, 2.75) is 25.1 Å². The first-order chi connectivity index (χ1) is 9.61. The van der Waals surface area contributed by atoms with Crippen LogP contribution < -0.4 is 16.4 Å². The third-order valence-electron chi connectivity index (χ3n) is 2.08. The number of carboxylic acids is 1. The Labute approximate surface area is 117 Å². The van der Waals surface area contributed by atoms with Crippen LogP contribution in [0.1, 0.15) is 12.8 Å². The van der Waals surface area contributed by atoms with E-state index in [4.69, 9.17) is 10.8 Å². The van der Waals surface area contributed by atoms with Crippen LogP contribution in [0, 0.1) is 0 Å². The fraction of sp³-hybridized carbons (Fsp3) is 0.700. The zero-order valence-electron chi connectivity index (χ0n) is 10.9. The van der Waals surface area contributed by atoms with Crippen LogP contribution in [0.5, 0.6) is 0 Å². The summed E-state index contributed by atoms with van der Waals surface area (Å²) < 4.78 is 39.4. The first-order valence-electron chi connectivity index (χ1n) is 5.82. The van der Waals surface area contributed by atoms with Crippen molar-refractivity contribution in [2.24, 2.45) is 5.73 Å². The van der Waals surface area contributed by atoms with E-state index in [0.717, 1.165) is 0 Å². The second-order valence-electron chi connectivity index (χ2n) is 3.96. The highest BCUT2D eigenvalue weighted by Crippen LogP contribution is 2.13. The van der Waals surface area contributed by atoms with Gasteiger partial charge in [-0.15, -0.1) is 0 Å². The summed E-state index contributed by atoms with van der Waals surface area (Å²) >= 11 is 0. The van der Waals surface area contributed by atoms with Crippen LogP contribution in [-0.2, 0) is 14.3 Å². The van der Waals surface area contributed by atoms with Crippen molar-refractivity contribution >= 4 is 17.9 Å². The second kappa shape index (κ2) is 9.00. The van der Waals surface area contributed by atoms with Gasteiger partial charge >= 0.3 is 18.2 Å². The molecule has 0 aromatic rings. The molecule has 0 radical (unpaired) electrons. The summed E-state index contributed by atoms with van der Waals surface area (Å²) in [4.78, 5) is 32.6. The largest absolute Gasteiger partial charge is 0.480 e. The number of halogens is 3. The minimum Gasteiger partial charge on any atom is -0.480 e. The maximum absolute atomic E-state index is 11.7. The summed E-state index contributed by atoms with van der Waals surface area (Å²) in [7, 11) is 0. The standard InChI is InChI=1S/C10H16F3N3O5/c11-10(12,13)5-21-4-3-15-9(20)16-6(8(18)19)1-2-7(14)17/h6H,1-5H2,(H2,14,17)(H,18,19)(H2,15,16,20)/t6-/m0/s1. The summed E-state index contributed by atoms with van der Waals surface area (Å²) in [5, 5.41) is 13.0. The number of nitrogens with two attached hydrogens (primary N) is 1. The molecule has 3 amide bonds. The summed E-state index contributed by atoms with van der Waals surface area (Å²) in [6.07, 6.45) is -4.87. The van der Waals surface area contributed by atoms with E-state index in [0.29, 0.717) is 0 Å². The van der Waals surface area contributed by atoms with Crippen molar-refractivity contribution in [1.29, 1.82) is 0 Å². The number of nitrogens with one attached hydrogen (secondary N) is 2. The number of urea groups is 1. The Bertz CT molecular complexity index is 375. The van der Waals surface area contributed by atoms with Crippen LogP contribution in [0.25, 0.3) is 0 Å². The van der Waals surface area contributed by atoms with Crippen LogP contribution in [-0.4, -0.2) is 55.0 Å². The lowest BCUT2D eigenvalue weighted by Crippen LogP contribution is -2.47. The van der Waals surface area contributed by atoms with E-state index in [9.17, 15) is 27.6 Å². The molecular formula is C10H16F3N3O5. The first kappa shape index (κ1) is 19.0. The van der Waals surface area contributed by atoms with Gasteiger partial charge in [-0.3, -0.25) is 4.79 Å². The number of primary amides is 1. The smallest absolute Gasteiger partial charge is 0.411 e. The number of rotatable bonds is 9. The quantitative estimate of drug-likeness (QED) is 0.429. The van der Waals surface area contributed by atoms with Gasteiger partial charge in [-0.25, -0.2) is 9.59 Å². The number of carbonyl (C=O) groups excluding carboxylic acids is 2. The van der Waals surface area contributed by atoms with Gasteiger partial charge in [0.2, 0.25) is 5.91 Å². The zero-order chi connectivity index (χ0) is 16.5. The average Bonchev–Trinajstić information content (AvgIpc) is 2.31. The molecule has 0 rings (SSSR count). The van der Waals surface area contributed by atoms with E-state index < -0.39 is 36.7 Å². The van der Waals surface area contributed by atoms with Gasteiger partial charge in [0, 0.05) is 13.0 Å². The monoisotopic (exact) mass is 315 g/mol. The number of aliphatic carboxylic acids is 1. The molecule has 0 saturated heterocycles. The third-order valence-corrected chi connectivity index (χ3v) is 2.08. The van der Waals surface area contributed by atoms with Crippen molar-refractivity contribution in [3.63, 3.8) is 0 Å². The Morgan fingerprint density at radius 3 is 2.38 bits per heavy atom. The Hall–Kier alpha value is -2.04. The first-order valence-corrected chi connectivity index (χ1v) is 5.82. The van der Waals surface area contributed by atoms with Gasteiger partial charge in [0.05, 0.1) is 6.61 Å². The fourth-order valence-corrected chi connectivity index (χ4v) is 1.18. The van der Waals surface area contributed by atoms with Crippen molar-refractivity contribution < 1.29 is 37.4 Å². The van der Waals surface area contributed by atoms with Crippen LogP contribution in [0.3, 0.4) is 0 Å². The lowest BCUT2D eigenvalue weighted by Gasteiger charge is -2.14. The van der Waals surface area contributed by atoms with Crippen LogP contribution in [0.4, 0.5) is 18.0 Å². The normalized spacial score (nSPS) is 12.5. The minimum atomic E-state index is -4.45. The van der Waals surface area contributed by atoms with Crippen LogP contribution in [0.15, 0.2) is 0 Å². The lowest BCUT2D eigenvalue weighted by molar-refractivity contribution is -0.173. The molecule has 0 aliphatic rings. The number of carboxylic acid groups (broad SMARTS) is 1. The molecule has 21 heavy (non-hydrogen) atoms. The molecule has 0 bridgehead atoms. The molecule has 0 spiro atoms. The molecule has 122 valence electrons. The second-order valence-corrected chi connectivity index (χ2v) is 3.96. The van der Waals surface area contributed by atoms with Gasteiger partial charge in [-0.05, 0) is 6.42 Å². The van der Waals surface area contributed by atoms with E-state index >= 15 is 0 Å². The fourth-order valence-electron chi connectivity index (χ4n) is 1.18. The Morgan fingerprint density at radius 1 is 1.29 bits per heavy atom. The van der Waals surface area contributed by atoms with Gasteiger partial charge < -0.3 is 26.2 Å². The van der Waals surface area contributed by atoms with E-state index in [1.54, 1.807) is 0 Å². The summed E-state index contributed by atoms with van der Waals surface area (Å²) in [5.74, 6) is -2.08. The molecule has 11 heteroatoms. The predicted octanol–water partition coefficient (Wildman–Crippen LogP) is -0.417. The van der Waals surface area contributed by atoms with E-state index in [1.165, 1.54) is 0 Å². The number of amides is 3. The number of hydrogen-bond donors (Lipinski definition) is 4. The highest BCUT2D eigenvalue weighted by Gasteiger charge is 2.27. The van der Waals surface area contributed by atoms with Crippen LogP contribution >= 0.6 is 0 Å². The average molecular weight is 315 g/mol. The van der Waals surface area contributed by atoms with Crippen molar-refractivity contribution in [1.82, 2.24) is 10.6 Å². The SMILES string of the molecule is NC(=O)CC[C@H](NC(=O)NCCOCC(F)(F)F)C(=O)O. The number of alkyl halides is 3. The zero-order valence-corrected chi connectivity index (χ0v) is 10.9. The van der Waals surface area contributed by atoms with Crippen molar-refractivity contribution in [3.8, 4) is 0 Å². The molecule has 0 aromatic heterocycles. The topological polar surface area (TPSA) is 131 Å². The van der Waals surface area contributed by atoms with E-state index in [-0.39, 0.29) is 26.0 Å². The van der Waals surface area contributed by atoms with E-state index in [2.05, 4.69) is 10.1 Å². The molecule has 0 aliphatic heterocycles. The lowest BCUT2D eigenvalue weighted by atomic mass is 10.1. The number of carbonyl (C=O) groups is 3. The summed E-state index contributed by atoms with van der Waals surface area (Å²) in [6.45, 7) is -2.05. The number of hydrogen-bond acceptors (Lipinski definition) is 4. The van der Waals surface area contributed by atoms with Crippen molar-refractivity contribution in [2.75, 3.05) is 19.8 Å². The van der Waals surface area contributed by atoms with Gasteiger partial charge in [0.1, 0.15) is 12.6 Å².